The second-order valence-corrected chi connectivity index (χ2v) is 5.74. The van der Waals surface area contributed by atoms with Gasteiger partial charge in [0.1, 0.15) is 0 Å². The van der Waals surface area contributed by atoms with E-state index in [1.807, 2.05) is 39.8 Å². The van der Waals surface area contributed by atoms with Gasteiger partial charge in [-0.25, -0.2) is 0 Å². The Kier molecular flexibility index (Phi) is 6.56. The molecule has 0 aliphatic carbocycles. The zero-order chi connectivity index (χ0) is 16.0. The van der Waals surface area contributed by atoms with Gasteiger partial charge in [0.05, 0.1) is 0 Å². The molecule has 2 N–H and O–H groups in total. The average Bonchev–Trinajstić information content (AvgIpc) is 2.46. The van der Waals surface area contributed by atoms with Crippen molar-refractivity contribution in [3.05, 3.63) is 34.9 Å². The number of Topliss-reactive ketones (excluding diaryl/α,β-unsaturated/α-hetero) is 1. The molecule has 0 aromatic heterocycles. The third kappa shape index (κ3) is 5.31. The number of carbonyl (C=O) groups is 2. The Bertz CT molecular complexity index is 511. The minimum atomic E-state index is -0.153. The van der Waals surface area contributed by atoms with Crippen molar-refractivity contribution in [3.63, 3.8) is 0 Å². The molecule has 1 rings (SSSR count). The molecule has 0 aliphatic rings. The van der Waals surface area contributed by atoms with E-state index in [9.17, 15) is 9.59 Å². The molecular weight excluding hydrogens is 266 g/mol. The molecule has 1 amide bonds. The molecule has 0 spiro atoms. The molecule has 2 unspecified atom stereocenters. The summed E-state index contributed by atoms with van der Waals surface area (Å²) in [6, 6.07) is 5.50. The predicted octanol–water partition coefficient (Wildman–Crippen LogP) is 2.40. The molecule has 0 bridgehead atoms. The summed E-state index contributed by atoms with van der Waals surface area (Å²) in [5.41, 5.74) is 2.88. The van der Waals surface area contributed by atoms with Crippen molar-refractivity contribution in [1.82, 2.24) is 5.32 Å². The Hall–Kier alpha value is -1.68. The van der Waals surface area contributed by atoms with Crippen molar-refractivity contribution in [2.24, 2.45) is 5.92 Å². The van der Waals surface area contributed by atoms with Crippen molar-refractivity contribution in [2.45, 2.75) is 46.6 Å². The van der Waals surface area contributed by atoms with Crippen LogP contribution >= 0.6 is 0 Å². The number of aliphatic hydroxyl groups excluding tert-OH is 1. The lowest BCUT2D eigenvalue weighted by Gasteiger charge is -2.19. The van der Waals surface area contributed by atoms with E-state index >= 15 is 0 Å². The highest BCUT2D eigenvalue weighted by Crippen LogP contribution is 2.12. The van der Waals surface area contributed by atoms with Crippen LogP contribution in [0.1, 0.15) is 48.2 Å². The van der Waals surface area contributed by atoms with Crippen LogP contribution in [0.2, 0.25) is 0 Å². The summed E-state index contributed by atoms with van der Waals surface area (Å²) < 4.78 is 0. The van der Waals surface area contributed by atoms with E-state index in [-0.39, 0.29) is 43.1 Å². The fourth-order valence-corrected chi connectivity index (χ4v) is 1.91. The van der Waals surface area contributed by atoms with Gasteiger partial charge in [0, 0.05) is 31.1 Å². The third-order valence-electron chi connectivity index (χ3n) is 3.94. The van der Waals surface area contributed by atoms with Gasteiger partial charge in [-0.2, -0.15) is 0 Å². The summed E-state index contributed by atoms with van der Waals surface area (Å²) in [6.45, 7) is 7.72. The van der Waals surface area contributed by atoms with Crippen molar-refractivity contribution < 1.29 is 14.7 Å². The van der Waals surface area contributed by atoms with E-state index in [2.05, 4.69) is 5.32 Å². The first-order valence-electron chi connectivity index (χ1n) is 7.35. The molecule has 0 fully saturated rings. The maximum absolute atomic E-state index is 12.1. The summed E-state index contributed by atoms with van der Waals surface area (Å²) in [5.74, 6) is -0.166. The first-order valence-corrected chi connectivity index (χ1v) is 7.35. The van der Waals surface area contributed by atoms with Crippen molar-refractivity contribution >= 4 is 11.7 Å². The normalized spacial score (nSPS) is 13.6. The Morgan fingerprint density at radius 1 is 1.14 bits per heavy atom. The molecule has 0 heterocycles. The standard InChI is InChI=1S/C17H25NO3/c1-11-5-6-15(9-12(11)2)16(20)7-8-17(21)18-14(4)13(3)10-19/h5-6,9,13-14,19H,7-8,10H2,1-4H3,(H,18,21). The van der Waals surface area contributed by atoms with Crippen molar-refractivity contribution in [1.29, 1.82) is 0 Å². The number of carbonyl (C=O) groups excluding carboxylic acids is 2. The van der Waals surface area contributed by atoms with E-state index in [1.54, 1.807) is 6.07 Å². The first-order chi connectivity index (χ1) is 9.85. The second-order valence-electron chi connectivity index (χ2n) is 5.74. The van der Waals surface area contributed by atoms with Crippen molar-refractivity contribution in [2.75, 3.05) is 6.61 Å². The Balaban J connectivity index is 2.49. The molecule has 116 valence electrons. The summed E-state index contributed by atoms with van der Waals surface area (Å²) in [4.78, 5) is 23.9. The average molecular weight is 291 g/mol. The highest BCUT2D eigenvalue weighted by molar-refractivity contribution is 5.98. The fourth-order valence-electron chi connectivity index (χ4n) is 1.91. The van der Waals surface area contributed by atoms with E-state index in [0.717, 1.165) is 11.1 Å². The third-order valence-corrected chi connectivity index (χ3v) is 3.94. The summed E-state index contributed by atoms with van der Waals surface area (Å²) in [6.07, 6.45) is 0.378. The molecule has 0 aliphatic heterocycles. The molecule has 0 radical (unpaired) electrons. The van der Waals surface area contributed by atoms with Crippen LogP contribution in [-0.4, -0.2) is 29.4 Å². The van der Waals surface area contributed by atoms with Crippen LogP contribution < -0.4 is 5.32 Å². The van der Waals surface area contributed by atoms with Crippen molar-refractivity contribution in [3.8, 4) is 0 Å². The van der Waals surface area contributed by atoms with E-state index in [1.165, 1.54) is 0 Å². The predicted molar refractivity (Wildman–Crippen MR) is 83.3 cm³/mol. The molecule has 0 saturated carbocycles. The number of amides is 1. The second kappa shape index (κ2) is 7.93. The lowest BCUT2D eigenvalue weighted by molar-refractivity contribution is -0.122. The smallest absolute Gasteiger partial charge is 0.220 e. The minimum absolute atomic E-state index is 0.00407. The van der Waals surface area contributed by atoms with Crippen LogP contribution in [0.5, 0.6) is 0 Å². The number of aliphatic hydroxyl groups is 1. The van der Waals surface area contributed by atoms with Gasteiger partial charge >= 0.3 is 0 Å². The molecule has 0 saturated heterocycles. The van der Waals surface area contributed by atoms with E-state index in [0.29, 0.717) is 5.56 Å². The number of nitrogens with one attached hydrogen (secondary N) is 1. The lowest BCUT2D eigenvalue weighted by atomic mass is 10.0. The number of aryl methyl sites for hydroxylation is 2. The van der Waals surface area contributed by atoms with Gasteiger partial charge in [0.2, 0.25) is 5.91 Å². The summed E-state index contributed by atoms with van der Waals surface area (Å²) in [7, 11) is 0. The highest BCUT2D eigenvalue weighted by Gasteiger charge is 2.15. The van der Waals surface area contributed by atoms with Gasteiger partial charge in [0.15, 0.2) is 5.78 Å². The van der Waals surface area contributed by atoms with Crippen LogP contribution in [0.25, 0.3) is 0 Å². The SMILES string of the molecule is Cc1ccc(C(=O)CCC(=O)NC(C)C(C)CO)cc1C. The van der Waals surface area contributed by atoms with Crippen LogP contribution in [0.4, 0.5) is 0 Å². The van der Waals surface area contributed by atoms with Crippen LogP contribution in [0, 0.1) is 19.8 Å². The number of rotatable bonds is 7. The van der Waals surface area contributed by atoms with Gasteiger partial charge in [-0.1, -0.05) is 19.1 Å². The number of ketones is 1. The Labute approximate surface area is 126 Å². The number of hydrogen-bond donors (Lipinski definition) is 2. The molecule has 21 heavy (non-hydrogen) atoms. The Morgan fingerprint density at radius 2 is 1.81 bits per heavy atom. The largest absolute Gasteiger partial charge is 0.396 e. The van der Waals surface area contributed by atoms with Gasteiger partial charge in [0.25, 0.3) is 0 Å². The molecule has 1 aromatic rings. The van der Waals surface area contributed by atoms with Gasteiger partial charge in [-0.3, -0.25) is 9.59 Å². The van der Waals surface area contributed by atoms with E-state index in [4.69, 9.17) is 5.11 Å². The quantitative estimate of drug-likeness (QED) is 0.758. The van der Waals surface area contributed by atoms with Gasteiger partial charge < -0.3 is 10.4 Å². The van der Waals surface area contributed by atoms with Crippen LogP contribution in [0.15, 0.2) is 18.2 Å². The van der Waals surface area contributed by atoms with Crippen LogP contribution in [0.3, 0.4) is 0 Å². The highest BCUT2D eigenvalue weighted by atomic mass is 16.3. The maximum atomic E-state index is 12.1. The topological polar surface area (TPSA) is 66.4 Å². The maximum Gasteiger partial charge on any atom is 0.220 e. The molecular formula is C17H25NO3. The molecule has 1 aromatic carbocycles. The molecule has 2 atom stereocenters. The first kappa shape index (κ1) is 17.4. The van der Waals surface area contributed by atoms with Gasteiger partial charge in [-0.05, 0) is 43.9 Å². The fraction of sp³-hybridized carbons (Fsp3) is 0.529. The summed E-state index contributed by atoms with van der Waals surface area (Å²) >= 11 is 0. The number of benzene rings is 1. The molecule has 4 nitrogen and oxygen atoms in total. The number of hydrogen-bond acceptors (Lipinski definition) is 3. The minimum Gasteiger partial charge on any atom is -0.396 e. The zero-order valence-electron chi connectivity index (χ0n) is 13.3. The van der Waals surface area contributed by atoms with Crippen LogP contribution in [-0.2, 0) is 4.79 Å². The monoisotopic (exact) mass is 291 g/mol. The molecule has 4 heteroatoms. The summed E-state index contributed by atoms with van der Waals surface area (Å²) in [5, 5.41) is 11.8. The van der Waals surface area contributed by atoms with Gasteiger partial charge in [-0.15, -0.1) is 0 Å². The van der Waals surface area contributed by atoms with E-state index < -0.39 is 0 Å². The zero-order valence-corrected chi connectivity index (χ0v) is 13.3. The Morgan fingerprint density at radius 3 is 2.38 bits per heavy atom. The lowest BCUT2D eigenvalue weighted by Crippen LogP contribution is -2.38.